The highest BCUT2D eigenvalue weighted by atomic mass is 16.6. The van der Waals surface area contributed by atoms with Crippen molar-refractivity contribution in [3.8, 4) is 0 Å². The number of nitrogens with zero attached hydrogens (tertiary/aromatic N) is 1. The summed E-state index contributed by atoms with van der Waals surface area (Å²) in [6, 6.07) is 0. The number of hydrogen-bond acceptors (Lipinski definition) is 3. The molecule has 1 fully saturated rings. The summed E-state index contributed by atoms with van der Waals surface area (Å²) in [6.45, 7) is 7.32. The number of carbonyl (C=O) groups is 2. The lowest BCUT2D eigenvalue weighted by molar-refractivity contribution is -0.141. The van der Waals surface area contributed by atoms with E-state index in [4.69, 9.17) is 9.84 Å². The summed E-state index contributed by atoms with van der Waals surface area (Å²) in [5.74, 6) is -1.41. The summed E-state index contributed by atoms with van der Waals surface area (Å²) in [5.41, 5.74) is 0.142. The first-order valence-electron chi connectivity index (χ1n) is 5.63. The van der Waals surface area contributed by atoms with Crippen molar-refractivity contribution in [2.45, 2.75) is 39.7 Å². The fraction of sp³-hybridized carbons (Fsp3) is 0.667. The number of amides is 1. The summed E-state index contributed by atoms with van der Waals surface area (Å²) in [5, 5.41) is 8.95. The van der Waals surface area contributed by atoms with Gasteiger partial charge in [-0.25, -0.2) is 4.79 Å². The van der Waals surface area contributed by atoms with Gasteiger partial charge in [0.05, 0.1) is 5.92 Å². The van der Waals surface area contributed by atoms with Crippen LogP contribution >= 0.6 is 0 Å². The zero-order valence-electron chi connectivity index (χ0n) is 10.7. The minimum atomic E-state index is -0.879. The molecule has 0 spiro atoms. The Bertz CT molecular complexity index is 354. The van der Waals surface area contributed by atoms with Crippen molar-refractivity contribution in [3.05, 3.63) is 11.8 Å². The molecule has 1 aliphatic heterocycles. The lowest BCUT2D eigenvalue weighted by Gasteiger charge is -2.25. The van der Waals surface area contributed by atoms with Gasteiger partial charge >= 0.3 is 12.1 Å². The van der Waals surface area contributed by atoms with Gasteiger partial charge in [0.1, 0.15) is 5.60 Å². The van der Waals surface area contributed by atoms with E-state index in [1.165, 1.54) is 4.90 Å². The van der Waals surface area contributed by atoms with Crippen molar-refractivity contribution in [2.24, 2.45) is 5.92 Å². The van der Waals surface area contributed by atoms with Gasteiger partial charge in [-0.3, -0.25) is 9.69 Å². The van der Waals surface area contributed by atoms with Crippen molar-refractivity contribution in [3.63, 3.8) is 0 Å². The van der Waals surface area contributed by atoms with E-state index < -0.39 is 23.6 Å². The average molecular weight is 241 g/mol. The molecule has 0 aromatic carbocycles. The van der Waals surface area contributed by atoms with Crippen LogP contribution in [0.3, 0.4) is 0 Å². The Morgan fingerprint density at radius 3 is 2.47 bits per heavy atom. The third-order valence-electron chi connectivity index (χ3n) is 2.50. The van der Waals surface area contributed by atoms with Gasteiger partial charge in [0.2, 0.25) is 0 Å². The molecule has 1 heterocycles. The van der Waals surface area contributed by atoms with Crippen LogP contribution in [0.15, 0.2) is 11.8 Å². The molecule has 5 nitrogen and oxygen atoms in total. The van der Waals surface area contributed by atoms with Crippen LogP contribution in [0.25, 0.3) is 0 Å². The van der Waals surface area contributed by atoms with Crippen LogP contribution in [0.4, 0.5) is 4.79 Å². The van der Waals surface area contributed by atoms with Gasteiger partial charge in [0.25, 0.3) is 0 Å². The molecule has 1 aliphatic rings. The molecule has 0 aromatic rings. The Kier molecular flexibility index (Phi) is 3.80. The molecule has 5 heteroatoms. The summed E-state index contributed by atoms with van der Waals surface area (Å²) < 4.78 is 5.24. The van der Waals surface area contributed by atoms with E-state index in [-0.39, 0.29) is 6.54 Å². The first-order valence-corrected chi connectivity index (χ1v) is 5.63. The van der Waals surface area contributed by atoms with Gasteiger partial charge in [-0.05, 0) is 27.7 Å². The van der Waals surface area contributed by atoms with E-state index in [2.05, 4.69) is 0 Å². The summed E-state index contributed by atoms with van der Waals surface area (Å²) in [6.07, 6.45) is 1.66. The van der Waals surface area contributed by atoms with Crippen LogP contribution < -0.4 is 0 Å². The molecule has 0 aromatic heterocycles. The molecule has 1 amide bonds. The molecule has 1 saturated heterocycles. The van der Waals surface area contributed by atoms with Crippen LogP contribution in [0.2, 0.25) is 0 Å². The fourth-order valence-electron chi connectivity index (χ4n) is 1.71. The first kappa shape index (κ1) is 13.5. The maximum Gasteiger partial charge on any atom is 0.414 e. The predicted molar refractivity (Wildman–Crippen MR) is 62.4 cm³/mol. The highest BCUT2D eigenvalue weighted by Gasteiger charge is 2.36. The third kappa shape index (κ3) is 3.47. The third-order valence-corrected chi connectivity index (χ3v) is 2.50. The number of likely N-dealkylation sites (tertiary alicyclic amines) is 1. The molecule has 96 valence electrons. The Morgan fingerprint density at radius 2 is 2.06 bits per heavy atom. The van der Waals surface area contributed by atoms with E-state index in [0.717, 1.165) is 0 Å². The zero-order chi connectivity index (χ0) is 13.2. The minimum Gasteiger partial charge on any atom is -0.481 e. The number of hydrogen-bond donors (Lipinski definition) is 1. The largest absolute Gasteiger partial charge is 0.481 e. The summed E-state index contributed by atoms with van der Waals surface area (Å²) in [4.78, 5) is 24.2. The van der Waals surface area contributed by atoms with Crippen LogP contribution in [-0.2, 0) is 9.53 Å². The lowest BCUT2D eigenvalue weighted by atomic mass is 10.1. The van der Waals surface area contributed by atoms with Crippen LogP contribution in [0.1, 0.15) is 34.1 Å². The number of ether oxygens (including phenoxy) is 1. The molecule has 0 saturated carbocycles. The molecule has 1 rings (SSSR count). The second-order valence-electron chi connectivity index (χ2n) is 5.11. The van der Waals surface area contributed by atoms with E-state index in [0.29, 0.717) is 12.1 Å². The molecule has 1 N–H and O–H groups in total. The zero-order valence-corrected chi connectivity index (χ0v) is 10.7. The van der Waals surface area contributed by atoms with Gasteiger partial charge in [-0.15, -0.1) is 0 Å². The standard InChI is InChI=1S/C12H19NO4/c1-5-9-6-8(10(14)15)7-13(9)11(16)17-12(2,3)4/h5,8H,6-7H2,1-4H3,(H,14,15). The maximum atomic E-state index is 11.9. The number of allylic oxidation sites excluding steroid dienone is 2. The lowest BCUT2D eigenvalue weighted by Crippen LogP contribution is -2.35. The van der Waals surface area contributed by atoms with Gasteiger partial charge in [-0.2, -0.15) is 0 Å². The van der Waals surface area contributed by atoms with E-state index in [9.17, 15) is 9.59 Å². The van der Waals surface area contributed by atoms with Crippen molar-refractivity contribution in [1.29, 1.82) is 0 Å². The minimum absolute atomic E-state index is 0.184. The quantitative estimate of drug-likeness (QED) is 0.764. The first-order chi connectivity index (χ1) is 7.74. The predicted octanol–water partition coefficient (Wildman–Crippen LogP) is 2.23. The van der Waals surface area contributed by atoms with Crippen molar-refractivity contribution in [1.82, 2.24) is 4.90 Å². The van der Waals surface area contributed by atoms with E-state index >= 15 is 0 Å². The smallest absolute Gasteiger partial charge is 0.414 e. The second-order valence-corrected chi connectivity index (χ2v) is 5.11. The number of carbonyl (C=O) groups excluding carboxylic acids is 1. The number of carboxylic acids is 1. The number of rotatable bonds is 1. The van der Waals surface area contributed by atoms with Crippen molar-refractivity contribution >= 4 is 12.1 Å². The van der Waals surface area contributed by atoms with Crippen molar-refractivity contribution < 1.29 is 19.4 Å². The second kappa shape index (κ2) is 4.77. The molecular formula is C12H19NO4. The molecule has 0 aliphatic carbocycles. The summed E-state index contributed by atoms with van der Waals surface area (Å²) >= 11 is 0. The maximum absolute atomic E-state index is 11.9. The highest BCUT2D eigenvalue weighted by Crippen LogP contribution is 2.28. The highest BCUT2D eigenvalue weighted by molar-refractivity contribution is 5.76. The normalized spacial score (nSPS) is 22.9. The topological polar surface area (TPSA) is 66.8 Å². The average Bonchev–Trinajstić information content (AvgIpc) is 2.58. The Balaban J connectivity index is 2.77. The van der Waals surface area contributed by atoms with Gasteiger partial charge in [-0.1, -0.05) is 6.08 Å². The van der Waals surface area contributed by atoms with Crippen LogP contribution in [-0.4, -0.2) is 34.2 Å². The van der Waals surface area contributed by atoms with Gasteiger partial charge < -0.3 is 9.84 Å². The Hall–Kier alpha value is -1.52. The van der Waals surface area contributed by atoms with Crippen molar-refractivity contribution in [2.75, 3.05) is 6.54 Å². The monoisotopic (exact) mass is 241 g/mol. The molecule has 1 unspecified atom stereocenters. The Morgan fingerprint density at radius 1 is 1.47 bits per heavy atom. The SMILES string of the molecule is CC=C1CC(C(=O)O)CN1C(=O)OC(C)(C)C. The number of carboxylic acid groups (broad SMARTS) is 1. The molecule has 0 bridgehead atoms. The van der Waals surface area contributed by atoms with E-state index in [1.54, 1.807) is 33.8 Å². The van der Waals surface area contributed by atoms with Gasteiger partial charge in [0.15, 0.2) is 0 Å². The fourth-order valence-corrected chi connectivity index (χ4v) is 1.71. The van der Waals surface area contributed by atoms with Crippen LogP contribution in [0, 0.1) is 5.92 Å². The molecule has 1 atom stereocenters. The molecule has 17 heavy (non-hydrogen) atoms. The summed E-state index contributed by atoms with van der Waals surface area (Å²) in [7, 11) is 0. The van der Waals surface area contributed by atoms with E-state index in [1.807, 2.05) is 0 Å². The van der Waals surface area contributed by atoms with Crippen LogP contribution in [0.5, 0.6) is 0 Å². The van der Waals surface area contributed by atoms with Gasteiger partial charge in [0, 0.05) is 18.7 Å². The molecule has 0 radical (unpaired) electrons. The number of aliphatic carboxylic acids is 1. The Labute approximate surface area is 101 Å². The molecular weight excluding hydrogens is 222 g/mol.